The van der Waals surface area contributed by atoms with Crippen molar-refractivity contribution in [2.24, 2.45) is 12.0 Å². The van der Waals surface area contributed by atoms with Crippen LogP contribution in [-0.2, 0) is 18.3 Å². The second kappa shape index (κ2) is 10.9. The summed E-state index contributed by atoms with van der Waals surface area (Å²) < 4.78 is 10.1. The lowest BCUT2D eigenvalue weighted by molar-refractivity contribution is -0.00804. The molecule has 1 aromatic carbocycles. The standard InChI is InChI=1S/C22H31N7O.HI/c1-4-23-22(28-12-13-30-21(16-28)18-14-25-27(3)15-18)24-10-7-11-29-17(2)26-19-8-5-6-9-20(19)29;/h5-6,8-9,14-15,21H,4,7,10-13,16H2,1-3H3,(H,23,24);1H. The first-order valence-electron chi connectivity index (χ1n) is 10.7. The zero-order valence-electron chi connectivity index (χ0n) is 18.5. The van der Waals surface area contributed by atoms with Gasteiger partial charge in [0.2, 0.25) is 0 Å². The number of aryl methyl sites for hydroxylation is 3. The third-order valence-corrected chi connectivity index (χ3v) is 5.44. The van der Waals surface area contributed by atoms with Crippen LogP contribution in [0, 0.1) is 6.92 Å². The Hall–Kier alpha value is -2.14. The third-order valence-electron chi connectivity index (χ3n) is 5.44. The maximum atomic E-state index is 5.98. The number of para-hydroxylation sites is 2. The smallest absolute Gasteiger partial charge is 0.194 e. The highest BCUT2D eigenvalue weighted by Crippen LogP contribution is 2.21. The van der Waals surface area contributed by atoms with Crippen molar-refractivity contribution in [1.29, 1.82) is 0 Å². The third kappa shape index (κ3) is 5.57. The van der Waals surface area contributed by atoms with Gasteiger partial charge in [-0.2, -0.15) is 5.10 Å². The number of nitrogens with one attached hydrogen (secondary N) is 1. The van der Waals surface area contributed by atoms with Crippen LogP contribution in [0.5, 0.6) is 0 Å². The molecule has 1 saturated heterocycles. The zero-order valence-corrected chi connectivity index (χ0v) is 20.8. The normalized spacial score (nSPS) is 17.1. The van der Waals surface area contributed by atoms with Crippen molar-refractivity contribution >= 4 is 41.0 Å². The van der Waals surface area contributed by atoms with Crippen LogP contribution >= 0.6 is 24.0 Å². The minimum absolute atomic E-state index is 0. The van der Waals surface area contributed by atoms with E-state index in [1.165, 1.54) is 5.52 Å². The lowest BCUT2D eigenvalue weighted by atomic mass is 10.1. The molecule has 3 heterocycles. The Morgan fingerprint density at radius 3 is 2.94 bits per heavy atom. The molecule has 0 amide bonds. The second-order valence-electron chi connectivity index (χ2n) is 7.64. The molecule has 1 unspecified atom stereocenters. The fraction of sp³-hybridized carbons (Fsp3) is 0.500. The van der Waals surface area contributed by atoms with Crippen LogP contribution in [0.3, 0.4) is 0 Å². The van der Waals surface area contributed by atoms with Crippen molar-refractivity contribution in [2.75, 3.05) is 32.8 Å². The Kier molecular flexibility index (Phi) is 8.30. The number of benzene rings is 1. The van der Waals surface area contributed by atoms with E-state index in [1.807, 2.05) is 30.2 Å². The Morgan fingerprint density at radius 1 is 1.32 bits per heavy atom. The van der Waals surface area contributed by atoms with Gasteiger partial charge in [-0.3, -0.25) is 9.67 Å². The van der Waals surface area contributed by atoms with Crippen molar-refractivity contribution in [2.45, 2.75) is 32.9 Å². The van der Waals surface area contributed by atoms with Crippen LogP contribution in [0.15, 0.2) is 41.7 Å². The van der Waals surface area contributed by atoms with Gasteiger partial charge in [0.25, 0.3) is 0 Å². The number of guanidine groups is 1. The summed E-state index contributed by atoms with van der Waals surface area (Å²) in [6, 6.07) is 8.30. The number of hydrogen-bond acceptors (Lipinski definition) is 4. The van der Waals surface area contributed by atoms with Crippen LogP contribution < -0.4 is 5.32 Å². The number of fused-ring (bicyclic) bond motifs is 1. The number of ether oxygens (including phenoxy) is 1. The number of halogens is 1. The van der Waals surface area contributed by atoms with E-state index in [0.717, 1.165) is 62.0 Å². The maximum Gasteiger partial charge on any atom is 0.194 e. The quantitative estimate of drug-likeness (QED) is 0.227. The minimum atomic E-state index is 0. The Morgan fingerprint density at radius 2 is 2.16 bits per heavy atom. The van der Waals surface area contributed by atoms with Crippen molar-refractivity contribution in [3.05, 3.63) is 48.0 Å². The number of aliphatic imine (C=N–C) groups is 1. The molecule has 8 nitrogen and oxygen atoms in total. The van der Waals surface area contributed by atoms with Crippen LogP contribution in [0.25, 0.3) is 11.0 Å². The van der Waals surface area contributed by atoms with Crippen molar-refractivity contribution < 1.29 is 4.74 Å². The fourth-order valence-corrected chi connectivity index (χ4v) is 3.97. The fourth-order valence-electron chi connectivity index (χ4n) is 3.97. The van der Waals surface area contributed by atoms with E-state index in [0.29, 0.717) is 6.61 Å². The van der Waals surface area contributed by atoms with E-state index < -0.39 is 0 Å². The predicted octanol–water partition coefficient (Wildman–Crippen LogP) is 3.13. The number of hydrogen-bond donors (Lipinski definition) is 1. The largest absolute Gasteiger partial charge is 0.370 e. The molecule has 3 aromatic rings. The summed E-state index contributed by atoms with van der Waals surface area (Å²) in [5, 5.41) is 7.72. The Bertz CT molecular complexity index is 1010. The SMILES string of the molecule is CCNC(=NCCCn1c(C)nc2ccccc21)N1CCOC(c2cnn(C)c2)C1.I. The molecule has 1 fully saturated rings. The Balaban J connectivity index is 0.00000272. The summed E-state index contributed by atoms with van der Waals surface area (Å²) in [7, 11) is 1.93. The topological polar surface area (TPSA) is 72.5 Å². The summed E-state index contributed by atoms with van der Waals surface area (Å²) in [5.41, 5.74) is 3.36. The molecule has 4 rings (SSSR count). The first-order valence-corrected chi connectivity index (χ1v) is 10.7. The second-order valence-corrected chi connectivity index (χ2v) is 7.64. The molecule has 0 spiro atoms. The average molecular weight is 537 g/mol. The molecule has 9 heteroatoms. The maximum absolute atomic E-state index is 5.98. The van der Waals surface area contributed by atoms with Gasteiger partial charge in [-0.05, 0) is 32.4 Å². The van der Waals surface area contributed by atoms with Crippen LogP contribution in [-0.4, -0.2) is 63.0 Å². The summed E-state index contributed by atoms with van der Waals surface area (Å²) in [4.78, 5) is 11.8. The van der Waals surface area contributed by atoms with Crippen molar-refractivity contribution in [3.63, 3.8) is 0 Å². The number of imidazole rings is 1. The first-order chi connectivity index (χ1) is 14.7. The summed E-state index contributed by atoms with van der Waals surface area (Å²) in [6.07, 6.45) is 4.90. The van der Waals surface area contributed by atoms with E-state index >= 15 is 0 Å². The molecule has 1 atom stereocenters. The minimum Gasteiger partial charge on any atom is -0.370 e. The molecule has 1 aliphatic heterocycles. The molecule has 1 N–H and O–H groups in total. The number of rotatable bonds is 6. The molecule has 168 valence electrons. The van der Waals surface area contributed by atoms with Gasteiger partial charge in [0, 0.05) is 45.0 Å². The van der Waals surface area contributed by atoms with Gasteiger partial charge in [-0.1, -0.05) is 12.1 Å². The molecule has 2 aromatic heterocycles. The highest BCUT2D eigenvalue weighted by Gasteiger charge is 2.25. The summed E-state index contributed by atoms with van der Waals surface area (Å²) in [5.74, 6) is 2.02. The highest BCUT2D eigenvalue weighted by atomic mass is 127. The molecule has 31 heavy (non-hydrogen) atoms. The van der Waals surface area contributed by atoms with E-state index in [9.17, 15) is 0 Å². The van der Waals surface area contributed by atoms with E-state index in [2.05, 4.69) is 56.9 Å². The monoisotopic (exact) mass is 537 g/mol. The van der Waals surface area contributed by atoms with Gasteiger partial charge in [0.05, 0.1) is 30.4 Å². The van der Waals surface area contributed by atoms with Crippen molar-refractivity contribution in [3.8, 4) is 0 Å². The van der Waals surface area contributed by atoms with Gasteiger partial charge in [0.15, 0.2) is 5.96 Å². The number of aromatic nitrogens is 4. The van der Waals surface area contributed by atoms with Gasteiger partial charge in [-0.15, -0.1) is 24.0 Å². The Labute approximate surface area is 200 Å². The van der Waals surface area contributed by atoms with Gasteiger partial charge >= 0.3 is 0 Å². The molecule has 0 saturated carbocycles. The highest BCUT2D eigenvalue weighted by molar-refractivity contribution is 14.0. The molecular weight excluding hydrogens is 505 g/mol. The summed E-state index contributed by atoms with van der Waals surface area (Å²) in [6.45, 7) is 9.01. The number of morpholine rings is 1. The number of nitrogens with zero attached hydrogens (tertiary/aromatic N) is 6. The van der Waals surface area contributed by atoms with Gasteiger partial charge < -0.3 is 19.5 Å². The average Bonchev–Trinajstić information content (AvgIpc) is 3.33. The zero-order chi connectivity index (χ0) is 20.9. The van der Waals surface area contributed by atoms with Crippen LogP contribution in [0.4, 0.5) is 0 Å². The molecule has 0 radical (unpaired) electrons. The molecular formula is C22H32IN7O. The van der Waals surface area contributed by atoms with E-state index in [-0.39, 0.29) is 30.1 Å². The molecule has 1 aliphatic rings. The lowest BCUT2D eigenvalue weighted by Crippen LogP contribution is -2.48. The van der Waals surface area contributed by atoms with Crippen LogP contribution in [0.1, 0.15) is 30.8 Å². The molecule has 0 bridgehead atoms. The van der Waals surface area contributed by atoms with E-state index in [4.69, 9.17) is 9.73 Å². The van der Waals surface area contributed by atoms with Crippen molar-refractivity contribution in [1.82, 2.24) is 29.5 Å². The summed E-state index contributed by atoms with van der Waals surface area (Å²) >= 11 is 0. The predicted molar refractivity (Wildman–Crippen MR) is 134 cm³/mol. The van der Waals surface area contributed by atoms with Gasteiger partial charge in [0.1, 0.15) is 11.9 Å². The lowest BCUT2D eigenvalue weighted by Gasteiger charge is -2.34. The van der Waals surface area contributed by atoms with E-state index in [1.54, 1.807) is 0 Å². The van der Waals surface area contributed by atoms with Crippen LogP contribution in [0.2, 0.25) is 0 Å². The molecule has 0 aliphatic carbocycles. The first kappa shape index (κ1) is 23.5. The van der Waals surface area contributed by atoms with Gasteiger partial charge in [-0.25, -0.2) is 4.98 Å².